The van der Waals surface area contributed by atoms with Gasteiger partial charge >= 0.3 is 5.97 Å². The first-order chi connectivity index (χ1) is 6.72. The fourth-order valence-electron chi connectivity index (χ4n) is 0.729. The summed E-state index contributed by atoms with van der Waals surface area (Å²) in [6.45, 7) is 0. The first-order valence-electron chi connectivity index (χ1n) is 3.89. The molecule has 0 saturated carbocycles. The van der Waals surface area contributed by atoms with Crippen LogP contribution in [0.4, 0.5) is 4.39 Å². The highest BCUT2D eigenvalue weighted by Gasteiger charge is 1.94. The monoisotopic (exact) mass is 193 g/mol. The number of ether oxygens (including phenoxy) is 1. The van der Waals surface area contributed by atoms with E-state index in [-0.39, 0.29) is 6.42 Å². The highest BCUT2D eigenvalue weighted by molar-refractivity contribution is 5.72. The lowest BCUT2D eigenvalue weighted by Crippen LogP contribution is -1.97. The molecule has 3 nitrogen and oxygen atoms in total. The van der Waals surface area contributed by atoms with Gasteiger partial charge in [-0.05, 0) is 18.1 Å². The molecule has 1 rings (SSSR count). The summed E-state index contributed by atoms with van der Waals surface area (Å²) in [7, 11) is 1.29. The van der Waals surface area contributed by atoms with Crippen LogP contribution < -0.4 is 0 Å². The van der Waals surface area contributed by atoms with E-state index in [1.807, 2.05) is 0 Å². The molecule has 1 heterocycles. The van der Waals surface area contributed by atoms with E-state index < -0.39 is 11.8 Å². The van der Waals surface area contributed by atoms with Crippen molar-refractivity contribution in [2.75, 3.05) is 7.11 Å². The first kappa shape index (κ1) is 10.2. The number of esters is 1. The predicted octanol–water partition coefficient (Wildman–Crippen LogP) is 1.14. The molecular formula is C10H8FNO2. The van der Waals surface area contributed by atoms with Crippen LogP contribution in [0.1, 0.15) is 12.1 Å². The average molecular weight is 193 g/mol. The van der Waals surface area contributed by atoms with Crippen LogP contribution in [-0.4, -0.2) is 18.1 Å². The average Bonchev–Trinajstić information content (AvgIpc) is 2.21. The summed E-state index contributed by atoms with van der Waals surface area (Å²) < 4.78 is 16.8. The highest BCUT2D eigenvalue weighted by atomic mass is 19.1. The number of pyridine rings is 1. The van der Waals surface area contributed by atoms with Crippen molar-refractivity contribution >= 4 is 5.97 Å². The van der Waals surface area contributed by atoms with E-state index in [2.05, 4.69) is 21.6 Å². The lowest BCUT2D eigenvalue weighted by Gasteiger charge is -1.90. The van der Waals surface area contributed by atoms with Crippen LogP contribution >= 0.6 is 0 Å². The molecule has 1 aromatic heterocycles. The Labute approximate surface area is 80.9 Å². The molecule has 0 aliphatic rings. The van der Waals surface area contributed by atoms with Gasteiger partial charge in [0.15, 0.2) is 0 Å². The van der Waals surface area contributed by atoms with E-state index >= 15 is 0 Å². The van der Waals surface area contributed by atoms with E-state index in [1.165, 1.54) is 19.2 Å². The summed E-state index contributed by atoms with van der Waals surface area (Å²) in [5, 5.41) is 0. The SMILES string of the molecule is COC(=O)CC#Cc1ccc(F)cn1. The van der Waals surface area contributed by atoms with Gasteiger partial charge in [-0.25, -0.2) is 9.37 Å². The van der Waals surface area contributed by atoms with Crippen LogP contribution in [0.25, 0.3) is 0 Å². The van der Waals surface area contributed by atoms with E-state index in [4.69, 9.17) is 0 Å². The quantitative estimate of drug-likeness (QED) is 0.496. The van der Waals surface area contributed by atoms with E-state index in [0.717, 1.165) is 6.20 Å². The standard InChI is InChI=1S/C10H8FNO2/c1-14-10(13)4-2-3-9-6-5-8(11)7-12-9/h5-7H,4H2,1H3. The molecule has 0 bridgehead atoms. The van der Waals surface area contributed by atoms with Crippen LogP contribution in [0.15, 0.2) is 18.3 Å². The molecule has 0 saturated heterocycles. The molecule has 0 radical (unpaired) electrons. The van der Waals surface area contributed by atoms with E-state index in [9.17, 15) is 9.18 Å². The molecule has 14 heavy (non-hydrogen) atoms. The smallest absolute Gasteiger partial charge is 0.317 e. The lowest BCUT2D eigenvalue weighted by molar-refractivity contribution is -0.139. The minimum Gasteiger partial charge on any atom is -0.468 e. The van der Waals surface area contributed by atoms with E-state index in [0.29, 0.717) is 5.69 Å². The van der Waals surface area contributed by atoms with Gasteiger partial charge < -0.3 is 4.74 Å². The Kier molecular flexibility index (Phi) is 3.62. The largest absolute Gasteiger partial charge is 0.468 e. The zero-order chi connectivity index (χ0) is 10.4. The van der Waals surface area contributed by atoms with Crippen molar-refractivity contribution in [1.29, 1.82) is 0 Å². The molecule has 0 N–H and O–H groups in total. The Hall–Kier alpha value is -1.89. The Balaban J connectivity index is 2.59. The maximum atomic E-state index is 12.4. The lowest BCUT2D eigenvalue weighted by atomic mass is 10.3. The van der Waals surface area contributed by atoms with Crippen molar-refractivity contribution < 1.29 is 13.9 Å². The van der Waals surface area contributed by atoms with Gasteiger partial charge in [-0.3, -0.25) is 4.79 Å². The summed E-state index contributed by atoms with van der Waals surface area (Å²) in [6, 6.07) is 2.70. The van der Waals surface area contributed by atoms with E-state index in [1.54, 1.807) is 0 Å². The normalized spacial score (nSPS) is 8.71. The summed E-state index contributed by atoms with van der Waals surface area (Å²) in [6.07, 6.45) is 1.08. The Morgan fingerprint density at radius 1 is 1.64 bits per heavy atom. The third-order valence-corrected chi connectivity index (χ3v) is 1.40. The minimum absolute atomic E-state index is 0.00948. The number of hydrogen-bond donors (Lipinski definition) is 0. The summed E-state index contributed by atoms with van der Waals surface area (Å²) >= 11 is 0. The summed E-state index contributed by atoms with van der Waals surface area (Å²) in [5.74, 6) is 4.35. The fraction of sp³-hybridized carbons (Fsp3) is 0.200. The van der Waals surface area contributed by atoms with Gasteiger partial charge in [0, 0.05) is 0 Å². The molecule has 4 heteroatoms. The van der Waals surface area contributed by atoms with Gasteiger partial charge in [-0.2, -0.15) is 0 Å². The molecule has 0 aliphatic heterocycles. The molecule has 72 valence electrons. The molecule has 0 aromatic carbocycles. The number of carbonyl (C=O) groups is 1. The Morgan fingerprint density at radius 2 is 2.43 bits per heavy atom. The van der Waals surface area contributed by atoms with Crippen LogP contribution in [0, 0.1) is 17.7 Å². The fourth-order valence-corrected chi connectivity index (χ4v) is 0.729. The summed E-state index contributed by atoms with van der Waals surface area (Å²) in [4.78, 5) is 14.4. The number of carbonyl (C=O) groups excluding carboxylic acids is 1. The van der Waals surface area contributed by atoms with Crippen molar-refractivity contribution in [2.45, 2.75) is 6.42 Å². The van der Waals surface area contributed by atoms with Crippen LogP contribution in [0.3, 0.4) is 0 Å². The molecule has 0 atom stereocenters. The Morgan fingerprint density at radius 3 is 3.00 bits per heavy atom. The first-order valence-corrected chi connectivity index (χ1v) is 3.89. The van der Waals surface area contributed by atoms with Crippen molar-refractivity contribution in [3.05, 3.63) is 29.8 Å². The maximum absolute atomic E-state index is 12.4. The van der Waals surface area contributed by atoms with Crippen LogP contribution in [0.2, 0.25) is 0 Å². The topological polar surface area (TPSA) is 39.2 Å². The van der Waals surface area contributed by atoms with Gasteiger partial charge in [-0.15, -0.1) is 0 Å². The molecule has 0 aliphatic carbocycles. The summed E-state index contributed by atoms with van der Waals surface area (Å²) in [5.41, 5.74) is 0.426. The highest BCUT2D eigenvalue weighted by Crippen LogP contribution is 1.96. The van der Waals surface area contributed by atoms with Crippen molar-refractivity contribution in [3.63, 3.8) is 0 Å². The van der Waals surface area contributed by atoms with Gasteiger partial charge in [0.1, 0.15) is 17.9 Å². The van der Waals surface area contributed by atoms with Gasteiger partial charge in [0.25, 0.3) is 0 Å². The second kappa shape index (κ2) is 4.97. The molecule has 0 amide bonds. The molecule has 0 spiro atoms. The third kappa shape index (κ3) is 3.23. The van der Waals surface area contributed by atoms with Crippen molar-refractivity contribution in [3.8, 4) is 11.8 Å². The second-order valence-electron chi connectivity index (χ2n) is 2.42. The molecule has 0 unspecified atom stereocenters. The molecule has 1 aromatic rings. The molecular weight excluding hydrogens is 185 g/mol. The third-order valence-electron chi connectivity index (χ3n) is 1.40. The predicted molar refractivity (Wildman–Crippen MR) is 47.7 cm³/mol. The zero-order valence-corrected chi connectivity index (χ0v) is 7.58. The number of rotatable bonds is 1. The number of aromatic nitrogens is 1. The van der Waals surface area contributed by atoms with Crippen molar-refractivity contribution in [2.24, 2.45) is 0 Å². The number of hydrogen-bond acceptors (Lipinski definition) is 3. The number of nitrogens with zero attached hydrogens (tertiary/aromatic N) is 1. The minimum atomic E-state index is -0.413. The molecule has 0 fully saturated rings. The van der Waals surface area contributed by atoms with Crippen molar-refractivity contribution in [1.82, 2.24) is 4.98 Å². The number of halogens is 1. The Bertz CT molecular complexity index is 375. The van der Waals surface area contributed by atoms with Crippen LogP contribution in [0.5, 0.6) is 0 Å². The van der Waals surface area contributed by atoms with Gasteiger partial charge in [0.05, 0.1) is 13.3 Å². The van der Waals surface area contributed by atoms with Gasteiger partial charge in [0.2, 0.25) is 0 Å². The maximum Gasteiger partial charge on any atom is 0.317 e. The zero-order valence-electron chi connectivity index (χ0n) is 7.58. The second-order valence-corrected chi connectivity index (χ2v) is 2.42. The number of methoxy groups -OCH3 is 1. The van der Waals surface area contributed by atoms with Gasteiger partial charge in [-0.1, -0.05) is 5.92 Å². The van der Waals surface area contributed by atoms with Crippen LogP contribution in [-0.2, 0) is 9.53 Å².